The summed E-state index contributed by atoms with van der Waals surface area (Å²) >= 11 is 0. The molecule has 0 unspecified atom stereocenters. The minimum absolute atomic E-state index is 0.0255. The van der Waals surface area contributed by atoms with Gasteiger partial charge in [0, 0.05) is 17.9 Å². The molecule has 0 aliphatic carbocycles. The van der Waals surface area contributed by atoms with E-state index in [1.54, 1.807) is 6.92 Å². The van der Waals surface area contributed by atoms with Crippen molar-refractivity contribution in [2.75, 3.05) is 18.1 Å². The monoisotopic (exact) mass is 317 g/mol. The van der Waals surface area contributed by atoms with Crippen molar-refractivity contribution in [3.8, 4) is 5.75 Å². The van der Waals surface area contributed by atoms with Crippen LogP contribution >= 0.6 is 0 Å². The quantitative estimate of drug-likeness (QED) is 0.437. The summed E-state index contributed by atoms with van der Waals surface area (Å²) in [5.74, 6) is -1.26. The number of carboxylic acid groups (broad SMARTS) is 1. The van der Waals surface area contributed by atoms with Gasteiger partial charge in [0.1, 0.15) is 21.2 Å². The largest absolute Gasteiger partial charge is 0.494 e. The van der Waals surface area contributed by atoms with E-state index in [1.807, 2.05) is 0 Å². The van der Waals surface area contributed by atoms with Gasteiger partial charge in [-0.1, -0.05) is 6.92 Å². The Morgan fingerprint density at radius 1 is 1.43 bits per heavy atom. The van der Waals surface area contributed by atoms with Gasteiger partial charge >= 0.3 is 5.97 Å². The fourth-order valence-electron chi connectivity index (χ4n) is 1.55. The zero-order valence-electron chi connectivity index (χ0n) is 11.3. The van der Waals surface area contributed by atoms with Crippen LogP contribution in [0, 0.1) is 10.1 Å². The lowest BCUT2D eigenvalue weighted by Gasteiger charge is -2.07. The van der Waals surface area contributed by atoms with Gasteiger partial charge in [-0.05, 0) is 12.5 Å². The van der Waals surface area contributed by atoms with Crippen LogP contribution in [0.15, 0.2) is 18.2 Å². The van der Waals surface area contributed by atoms with E-state index in [0.29, 0.717) is 0 Å². The van der Waals surface area contributed by atoms with E-state index < -0.39 is 32.0 Å². The molecule has 1 aromatic rings. The molecule has 0 aromatic heterocycles. The smallest absolute Gasteiger partial charge is 0.342 e. The molecule has 0 aliphatic heterocycles. The number of rotatable bonds is 8. The van der Waals surface area contributed by atoms with Gasteiger partial charge in [0.2, 0.25) is 0 Å². The van der Waals surface area contributed by atoms with Crippen LogP contribution < -0.4 is 4.74 Å². The average molecular weight is 317 g/mol. The van der Waals surface area contributed by atoms with E-state index >= 15 is 0 Å². The van der Waals surface area contributed by atoms with E-state index in [9.17, 15) is 23.3 Å². The summed E-state index contributed by atoms with van der Waals surface area (Å²) < 4.78 is 27.8. The van der Waals surface area contributed by atoms with Crippen LogP contribution in [0.2, 0.25) is 0 Å². The van der Waals surface area contributed by atoms with Gasteiger partial charge < -0.3 is 9.84 Å². The summed E-state index contributed by atoms with van der Waals surface area (Å²) in [6.07, 6.45) is 0.259. The number of hydrogen-bond donors (Lipinski definition) is 1. The number of hydrogen-bond acceptors (Lipinski definition) is 6. The first-order chi connectivity index (χ1) is 9.76. The molecule has 0 bridgehead atoms. The van der Waals surface area contributed by atoms with E-state index in [4.69, 9.17) is 9.84 Å². The van der Waals surface area contributed by atoms with E-state index in [0.717, 1.165) is 12.1 Å². The number of nitrogens with zero attached hydrogens (tertiary/aromatic N) is 1. The van der Waals surface area contributed by atoms with Crippen LogP contribution in [0.25, 0.3) is 0 Å². The van der Waals surface area contributed by atoms with Crippen molar-refractivity contribution in [1.29, 1.82) is 0 Å². The molecule has 0 spiro atoms. The second-order valence-corrected chi connectivity index (χ2v) is 6.65. The highest BCUT2D eigenvalue weighted by atomic mass is 32.2. The van der Waals surface area contributed by atoms with Crippen molar-refractivity contribution < 1.29 is 28.0 Å². The molecule has 9 heteroatoms. The topological polar surface area (TPSA) is 124 Å². The molecule has 1 aromatic carbocycles. The SMILES string of the molecule is CCS(=O)(=O)CCCOc1ccc([N+](=O)[O-])c(C(=O)O)c1. The predicted octanol–water partition coefficient (Wildman–Crippen LogP) is 1.50. The first kappa shape index (κ1) is 16.9. The molecule has 1 rings (SSSR count). The third-order valence-corrected chi connectivity index (χ3v) is 4.49. The molecule has 0 aliphatic rings. The van der Waals surface area contributed by atoms with Gasteiger partial charge in [-0.3, -0.25) is 10.1 Å². The molecule has 0 saturated heterocycles. The maximum Gasteiger partial charge on any atom is 0.342 e. The molecule has 116 valence electrons. The van der Waals surface area contributed by atoms with Crippen molar-refractivity contribution in [3.05, 3.63) is 33.9 Å². The molecule has 0 fully saturated rings. The van der Waals surface area contributed by atoms with Gasteiger partial charge in [-0.25, -0.2) is 13.2 Å². The summed E-state index contributed by atoms with van der Waals surface area (Å²) in [6.45, 7) is 1.63. The van der Waals surface area contributed by atoms with Crippen LogP contribution in [-0.2, 0) is 9.84 Å². The molecule has 8 nitrogen and oxygen atoms in total. The van der Waals surface area contributed by atoms with Gasteiger partial charge in [-0.2, -0.15) is 0 Å². The molecule has 0 atom stereocenters. The Hall–Kier alpha value is -2.16. The standard InChI is InChI=1S/C12H15NO7S/c1-2-21(18,19)7-3-6-20-9-4-5-11(13(16)17)10(8-9)12(14)15/h4-5,8H,2-3,6-7H2,1H3,(H,14,15). The maximum absolute atomic E-state index is 11.3. The summed E-state index contributed by atoms with van der Waals surface area (Å²) in [5, 5.41) is 19.6. The summed E-state index contributed by atoms with van der Waals surface area (Å²) in [4.78, 5) is 20.8. The minimum atomic E-state index is -3.08. The van der Waals surface area contributed by atoms with Crippen LogP contribution in [0.1, 0.15) is 23.7 Å². The average Bonchev–Trinajstić information content (AvgIpc) is 2.43. The van der Waals surface area contributed by atoms with Crippen LogP contribution in [0.5, 0.6) is 5.75 Å². The highest BCUT2D eigenvalue weighted by molar-refractivity contribution is 7.91. The Kier molecular flexibility index (Phi) is 5.65. The Morgan fingerprint density at radius 3 is 2.62 bits per heavy atom. The van der Waals surface area contributed by atoms with Crippen molar-refractivity contribution in [3.63, 3.8) is 0 Å². The van der Waals surface area contributed by atoms with Gasteiger partial charge in [-0.15, -0.1) is 0 Å². The lowest BCUT2D eigenvalue weighted by molar-refractivity contribution is -0.385. The van der Waals surface area contributed by atoms with Crippen molar-refractivity contribution in [2.45, 2.75) is 13.3 Å². The lowest BCUT2D eigenvalue weighted by atomic mass is 10.1. The fourth-order valence-corrected chi connectivity index (χ4v) is 2.39. The number of carbonyl (C=O) groups is 1. The number of nitro benzene ring substituents is 1. The first-order valence-electron chi connectivity index (χ1n) is 6.12. The molecule has 21 heavy (non-hydrogen) atoms. The van der Waals surface area contributed by atoms with Crippen molar-refractivity contribution in [1.82, 2.24) is 0 Å². The second-order valence-electron chi connectivity index (χ2n) is 4.18. The third-order valence-electron chi connectivity index (χ3n) is 2.70. The Labute approximate surface area is 121 Å². The maximum atomic E-state index is 11.3. The predicted molar refractivity (Wildman–Crippen MR) is 74.5 cm³/mol. The fraction of sp³-hybridized carbons (Fsp3) is 0.417. The number of aromatic carboxylic acids is 1. The number of ether oxygens (including phenoxy) is 1. The van der Waals surface area contributed by atoms with Crippen molar-refractivity contribution in [2.24, 2.45) is 0 Å². The molecule has 1 N–H and O–H groups in total. The lowest BCUT2D eigenvalue weighted by Crippen LogP contribution is -2.12. The van der Waals surface area contributed by atoms with Crippen LogP contribution in [0.4, 0.5) is 5.69 Å². The molecular weight excluding hydrogens is 302 g/mol. The van der Waals surface area contributed by atoms with Crippen molar-refractivity contribution >= 4 is 21.5 Å². The van der Waals surface area contributed by atoms with E-state index in [1.165, 1.54) is 6.07 Å². The molecule has 0 heterocycles. The Bertz CT molecular complexity index is 639. The van der Waals surface area contributed by atoms with E-state index in [2.05, 4.69) is 0 Å². The molecule has 0 amide bonds. The summed E-state index contributed by atoms with van der Waals surface area (Å²) in [6, 6.07) is 3.37. The first-order valence-corrected chi connectivity index (χ1v) is 7.94. The number of benzene rings is 1. The zero-order chi connectivity index (χ0) is 16.0. The summed E-state index contributed by atoms with van der Waals surface area (Å²) in [5.41, 5.74) is -0.998. The van der Waals surface area contributed by atoms with Crippen LogP contribution in [0.3, 0.4) is 0 Å². The molecular formula is C12H15NO7S. The number of carboxylic acids is 1. The van der Waals surface area contributed by atoms with E-state index in [-0.39, 0.29) is 30.3 Å². The highest BCUT2D eigenvalue weighted by Crippen LogP contribution is 2.24. The van der Waals surface area contributed by atoms with Gasteiger partial charge in [0.25, 0.3) is 5.69 Å². The van der Waals surface area contributed by atoms with Gasteiger partial charge in [0.05, 0.1) is 17.3 Å². The molecule has 0 saturated carbocycles. The zero-order valence-corrected chi connectivity index (χ0v) is 12.1. The Balaban J connectivity index is 2.71. The van der Waals surface area contributed by atoms with Gasteiger partial charge in [0.15, 0.2) is 0 Å². The molecule has 0 radical (unpaired) electrons. The normalized spacial score (nSPS) is 11.1. The Morgan fingerprint density at radius 2 is 2.10 bits per heavy atom. The minimum Gasteiger partial charge on any atom is -0.494 e. The summed E-state index contributed by atoms with van der Waals surface area (Å²) in [7, 11) is -3.08. The third kappa shape index (κ3) is 5.03. The number of sulfone groups is 1. The second kappa shape index (κ2) is 7.02. The van der Waals surface area contributed by atoms with Crippen LogP contribution in [-0.4, -0.2) is 42.5 Å². The number of nitro groups is 1. The highest BCUT2D eigenvalue weighted by Gasteiger charge is 2.20.